The summed E-state index contributed by atoms with van der Waals surface area (Å²) < 4.78 is 10.7. The predicted octanol–water partition coefficient (Wildman–Crippen LogP) is 1.29. The van der Waals surface area contributed by atoms with Crippen molar-refractivity contribution >= 4 is 17.6 Å². The van der Waals surface area contributed by atoms with Gasteiger partial charge in [0, 0.05) is 0 Å². The molecule has 0 radical (unpaired) electrons. The van der Waals surface area contributed by atoms with Gasteiger partial charge in [0.25, 0.3) is 0 Å². The zero-order valence-electron chi connectivity index (χ0n) is 11.4. The van der Waals surface area contributed by atoms with Crippen LogP contribution in [-0.2, 0) is 14.3 Å². The molecule has 21 heavy (non-hydrogen) atoms. The molecule has 0 aromatic heterocycles. The van der Waals surface area contributed by atoms with Crippen molar-refractivity contribution in [3.63, 3.8) is 0 Å². The van der Waals surface area contributed by atoms with Crippen LogP contribution >= 0.6 is 0 Å². The Morgan fingerprint density at radius 2 is 1.86 bits per heavy atom. The number of carbonyl (C=O) groups excluding carboxylic acids is 1. The summed E-state index contributed by atoms with van der Waals surface area (Å²) in [4.78, 5) is 23.8. The lowest BCUT2D eigenvalue weighted by molar-refractivity contribution is -0.145. The number of carbonyl (C=O) groups is 2. The summed E-state index contributed by atoms with van der Waals surface area (Å²) in [6, 6.07) is 6.99. The smallest absolute Gasteiger partial charge is 0.310 e. The molecule has 0 spiro atoms. The van der Waals surface area contributed by atoms with E-state index >= 15 is 0 Å². The molecule has 1 fully saturated rings. The Kier molecular flexibility index (Phi) is 3.39. The van der Waals surface area contributed by atoms with Crippen LogP contribution in [0.3, 0.4) is 0 Å². The molecule has 4 atom stereocenters. The second kappa shape index (κ2) is 5.21. The van der Waals surface area contributed by atoms with Gasteiger partial charge in [-0.3, -0.25) is 9.59 Å². The summed E-state index contributed by atoms with van der Waals surface area (Å²) in [6.45, 7) is 0. The zero-order chi connectivity index (χ0) is 15.0. The number of fused-ring (bicyclic) bond motifs is 2. The van der Waals surface area contributed by atoms with E-state index < -0.39 is 30.0 Å². The summed E-state index contributed by atoms with van der Waals surface area (Å²) in [6.07, 6.45) is 2.44. The Morgan fingerprint density at radius 3 is 2.52 bits per heavy atom. The Morgan fingerprint density at radius 1 is 1.19 bits per heavy atom. The average molecular weight is 289 g/mol. The molecule has 0 unspecified atom stereocenters. The Balaban J connectivity index is 1.82. The molecule has 2 aliphatic rings. The summed E-state index contributed by atoms with van der Waals surface area (Å²) in [7, 11) is 1.51. The monoisotopic (exact) mass is 289 g/mol. The average Bonchev–Trinajstić information content (AvgIpc) is 3.08. The molecule has 2 N–H and O–H groups in total. The zero-order valence-corrected chi connectivity index (χ0v) is 11.4. The topological polar surface area (TPSA) is 84.9 Å². The number of carboxylic acids is 1. The molecule has 2 bridgehead atoms. The second-order valence-corrected chi connectivity index (χ2v) is 5.03. The number of hydrogen-bond acceptors (Lipinski definition) is 4. The van der Waals surface area contributed by atoms with Gasteiger partial charge in [0.2, 0.25) is 5.91 Å². The highest BCUT2D eigenvalue weighted by Gasteiger charge is 2.53. The van der Waals surface area contributed by atoms with Crippen LogP contribution < -0.4 is 10.1 Å². The Hall–Kier alpha value is -2.34. The molecule has 1 aromatic rings. The van der Waals surface area contributed by atoms with Crippen LogP contribution in [0.15, 0.2) is 36.4 Å². The van der Waals surface area contributed by atoms with E-state index in [1.54, 1.807) is 36.4 Å². The minimum absolute atomic E-state index is 0.372. The van der Waals surface area contributed by atoms with E-state index in [-0.39, 0.29) is 5.91 Å². The molecule has 110 valence electrons. The van der Waals surface area contributed by atoms with Crippen molar-refractivity contribution in [1.82, 2.24) is 0 Å². The SMILES string of the molecule is COc1ccccc1NC(=O)[C@@H]1[C@@H](C(=O)O)[C@H]2C=C[C@@H]1O2. The molecule has 2 heterocycles. The van der Waals surface area contributed by atoms with Gasteiger partial charge in [-0.05, 0) is 12.1 Å². The lowest BCUT2D eigenvalue weighted by Crippen LogP contribution is -2.39. The Labute approximate surface area is 121 Å². The van der Waals surface area contributed by atoms with E-state index in [0.717, 1.165) is 0 Å². The van der Waals surface area contributed by atoms with Crippen LogP contribution in [0.1, 0.15) is 0 Å². The number of carboxylic acid groups (broad SMARTS) is 1. The van der Waals surface area contributed by atoms with Crippen molar-refractivity contribution in [2.24, 2.45) is 11.8 Å². The summed E-state index contributed by atoms with van der Waals surface area (Å²) in [5.74, 6) is -2.45. The summed E-state index contributed by atoms with van der Waals surface area (Å²) in [5.41, 5.74) is 0.515. The number of anilines is 1. The molecule has 1 aromatic carbocycles. The third-order valence-electron chi connectivity index (χ3n) is 3.85. The number of rotatable bonds is 4. The molecule has 6 nitrogen and oxygen atoms in total. The van der Waals surface area contributed by atoms with Crippen molar-refractivity contribution in [3.05, 3.63) is 36.4 Å². The molecular weight excluding hydrogens is 274 g/mol. The van der Waals surface area contributed by atoms with Crippen LogP contribution in [0.4, 0.5) is 5.69 Å². The fraction of sp³-hybridized carbons (Fsp3) is 0.333. The quantitative estimate of drug-likeness (QED) is 0.816. The minimum Gasteiger partial charge on any atom is -0.495 e. The second-order valence-electron chi connectivity index (χ2n) is 5.03. The first-order valence-electron chi connectivity index (χ1n) is 6.62. The Bertz CT molecular complexity index is 612. The van der Waals surface area contributed by atoms with Crippen LogP contribution in [-0.4, -0.2) is 36.3 Å². The number of amides is 1. The third-order valence-corrected chi connectivity index (χ3v) is 3.85. The minimum atomic E-state index is -1.02. The van der Waals surface area contributed by atoms with Crippen molar-refractivity contribution in [2.45, 2.75) is 12.2 Å². The molecule has 1 saturated heterocycles. The van der Waals surface area contributed by atoms with E-state index in [1.165, 1.54) is 7.11 Å². The van der Waals surface area contributed by atoms with Crippen LogP contribution in [0.2, 0.25) is 0 Å². The summed E-state index contributed by atoms with van der Waals surface area (Å²) in [5, 5.41) is 12.0. The van der Waals surface area contributed by atoms with Crippen molar-refractivity contribution < 1.29 is 24.2 Å². The molecule has 0 aliphatic carbocycles. The molecule has 6 heteroatoms. The maximum atomic E-state index is 12.4. The highest BCUT2D eigenvalue weighted by molar-refractivity contribution is 5.97. The fourth-order valence-corrected chi connectivity index (χ4v) is 2.88. The van der Waals surface area contributed by atoms with Crippen LogP contribution in [0.5, 0.6) is 5.75 Å². The molecule has 1 amide bonds. The number of ether oxygens (including phenoxy) is 2. The van der Waals surface area contributed by atoms with Gasteiger partial charge in [-0.2, -0.15) is 0 Å². The van der Waals surface area contributed by atoms with E-state index in [0.29, 0.717) is 11.4 Å². The number of nitrogens with one attached hydrogen (secondary N) is 1. The standard InChI is InChI=1S/C15H15NO5/c1-20-9-5-3-2-4-8(9)16-14(17)12-10-6-7-11(21-10)13(12)15(18)19/h2-7,10-13H,1H3,(H,16,17)(H,18,19)/t10-,11+,12-,13-/m0/s1. The lowest BCUT2D eigenvalue weighted by atomic mass is 9.82. The number of para-hydroxylation sites is 2. The van der Waals surface area contributed by atoms with Gasteiger partial charge >= 0.3 is 5.97 Å². The first-order valence-corrected chi connectivity index (χ1v) is 6.62. The van der Waals surface area contributed by atoms with Crippen molar-refractivity contribution in [1.29, 1.82) is 0 Å². The largest absolute Gasteiger partial charge is 0.495 e. The number of hydrogen-bond donors (Lipinski definition) is 2. The maximum Gasteiger partial charge on any atom is 0.310 e. The molecular formula is C15H15NO5. The third kappa shape index (κ3) is 2.27. The summed E-state index contributed by atoms with van der Waals surface area (Å²) >= 11 is 0. The van der Waals surface area contributed by atoms with E-state index in [2.05, 4.69) is 5.32 Å². The van der Waals surface area contributed by atoms with E-state index in [9.17, 15) is 14.7 Å². The molecule has 0 saturated carbocycles. The van der Waals surface area contributed by atoms with Gasteiger partial charge in [0.05, 0.1) is 30.9 Å². The molecule has 3 rings (SSSR count). The van der Waals surface area contributed by atoms with E-state index in [1.807, 2.05) is 0 Å². The normalized spacial score (nSPS) is 29.4. The maximum absolute atomic E-state index is 12.4. The van der Waals surface area contributed by atoms with Gasteiger partial charge in [-0.1, -0.05) is 24.3 Å². The van der Waals surface area contributed by atoms with Crippen molar-refractivity contribution in [3.8, 4) is 5.75 Å². The van der Waals surface area contributed by atoms with Crippen LogP contribution in [0, 0.1) is 11.8 Å². The van der Waals surface area contributed by atoms with Crippen LogP contribution in [0.25, 0.3) is 0 Å². The lowest BCUT2D eigenvalue weighted by Gasteiger charge is -2.21. The van der Waals surface area contributed by atoms with Gasteiger partial charge in [0.1, 0.15) is 11.7 Å². The predicted molar refractivity (Wildman–Crippen MR) is 74.0 cm³/mol. The van der Waals surface area contributed by atoms with Gasteiger partial charge < -0.3 is 19.9 Å². The van der Waals surface area contributed by atoms with Gasteiger partial charge in [-0.25, -0.2) is 0 Å². The van der Waals surface area contributed by atoms with Crippen molar-refractivity contribution in [2.75, 3.05) is 12.4 Å². The van der Waals surface area contributed by atoms with E-state index in [4.69, 9.17) is 9.47 Å². The van der Waals surface area contributed by atoms with Gasteiger partial charge in [-0.15, -0.1) is 0 Å². The fourth-order valence-electron chi connectivity index (χ4n) is 2.88. The highest BCUT2D eigenvalue weighted by atomic mass is 16.5. The van der Waals surface area contributed by atoms with Gasteiger partial charge in [0.15, 0.2) is 0 Å². The number of benzene rings is 1. The highest BCUT2D eigenvalue weighted by Crippen LogP contribution is 2.40. The first-order chi connectivity index (χ1) is 10.1. The molecule has 2 aliphatic heterocycles. The number of aliphatic carboxylic acids is 1. The number of methoxy groups -OCH3 is 1. The first kappa shape index (κ1) is 13.6.